The Morgan fingerprint density at radius 2 is 2.32 bits per heavy atom. The van der Waals surface area contributed by atoms with E-state index >= 15 is 0 Å². The van der Waals surface area contributed by atoms with Crippen molar-refractivity contribution in [3.8, 4) is 0 Å². The summed E-state index contributed by atoms with van der Waals surface area (Å²) in [6.45, 7) is 2.19. The van der Waals surface area contributed by atoms with Crippen molar-refractivity contribution in [2.24, 2.45) is 5.41 Å². The second-order valence-corrected chi connectivity index (χ2v) is 7.52. The molecule has 2 aromatic rings. The van der Waals surface area contributed by atoms with Gasteiger partial charge in [-0.1, -0.05) is 25.5 Å². The maximum atomic E-state index is 12.2. The van der Waals surface area contributed by atoms with E-state index in [0.717, 1.165) is 29.8 Å². The van der Waals surface area contributed by atoms with Gasteiger partial charge in [-0.15, -0.1) is 11.3 Å². The van der Waals surface area contributed by atoms with Crippen molar-refractivity contribution in [2.75, 3.05) is 6.61 Å². The molecule has 1 aliphatic rings. The number of hydrogen-bond donors (Lipinski definition) is 2. The molecule has 0 spiro atoms. The lowest BCUT2D eigenvalue weighted by Crippen LogP contribution is -2.44. The molecule has 1 saturated carbocycles. The molecular weight excluding hydrogens is 296 g/mol. The van der Waals surface area contributed by atoms with Crippen LogP contribution in [0, 0.1) is 5.41 Å². The SMILES string of the molecule is CC1(CO)CCCC1NC(=O)CCc1nc2ccccc2s1. The largest absolute Gasteiger partial charge is 0.396 e. The lowest BCUT2D eigenvalue weighted by atomic mass is 9.86. The van der Waals surface area contributed by atoms with Crippen LogP contribution in [-0.4, -0.2) is 28.6 Å². The number of aliphatic hydroxyl groups excluding tert-OH is 1. The number of hydrogen-bond acceptors (Lipinski definition) is 4. The standard InChI is InChI=1S/C17H22N2O2S/c1-17(11-20)10-4-7-14(17)19-15(21)8-9-16-18-12-5-2-3-6-13(12)22-16/h2-3,5-6,14,20H,4,7-11H2,1H3,(H,19,21). The minimum absolute atomic E-state index is 0.0610. The molecule has 1 aliphatic carbocycles. The molecule has 1 heterocycles. The van der Waals surface area contributed by atoms with Crippen LogP contribution in [0.3, 0.4) is 0 Å². The fraction of sp³-hybridized carbons (Fsp3) is 0.529. The number of carbonyl (C=O) groups is 1. The number of thiazole rings is 1. The summed E-state index contributed by atoms with van der Waals surface area (Å²) >= 11 is 1.66. The highest BCUT2D eigenvalue weighted by molar-refractivity contribution is 7.18. The van der Waals surface area contributed by atoms with Crippen molar-refractivity contribution >= 4 is 27.5 Å². The Balaban J connectivity index is 1.56. The van der Waals surface area contributed by atoms with Crippen LogP contribution in [0.2, 0.25) is 0 Å². The maximum Gasteiger partial charge on any atom is 0.220 e. The zero-order valence-electron chi connectivity index (χ0n) is 12.8. The highest BCUT2D eigenvalue weighted by Crippen LogP contribution is 2.37. The van der Waals surface area contributed by atoms with E-state index in [1.54, 1.807) is 11.3 Å². The van der Waals surface area contributed by atoms with Crippen LogP contribution in [0.25, 0.3) is 10.2 Å². The zero-order valence-corrected chi connectivity index (χ0v) is 13.7. The number of para-hydroxylation sites is 1. The molecule has 5 heteroatoms. The third kappa shape index (κ3) is 3.15. The summed E-state index contributed by atoms with van der Waals surface area (Å²) < 4.78 is 1.17. The van der Waals surface area contributed by atoms with Gasteiger partial charge in [0.1, 0.15) is 0 Å². The summed E-state index contributed by atoms with van der Waals surface area (Å²) in [6.07, 6.45) is 4.14. The van der Waals surface area contributed by atoms with Crippen molar-refractivity contribution in [3.63, 3.8) is 0 Å². The first kappa shape index (κ1) is 15.4. The first-order valence-corrected chi connectivity index (χ1v) is 8.67. The van der Waals surface area contributed by atoms with Gasteiger partial charge in [-0.25, -0.2) is 4.98 Å². The second kappa shape index (κ2) is 6.34. The van der Waals surface area contributed by atoms with Crippen molar-refractivity contribution in [1.82, 2.24) is 10.3 Å². The molecule has 0 saturated heterocycles. The normalized spacial score (nSPS) is 24.7. The van der Waals surface area contributed by atoms with Crippen LogP contribution in [0.1, 0.15) is 37.6 Å². The lowest BCUT2D eigenvalue weighted by molar-refractivity contribution is -0.122. The van der Waals surface area contributed by atoms with Gasteiger partial charge < -0.3 is 10.4 Å². The number of nitrogens with zero attached hydrogens (tertiary/aromatic N) is 1. The van der Waals surface area contributed by atoms with Gasteiger partial charge in [-0.05, 0) is 25.0 Å². The molecule has 2 atom stereocenters. The third-order valence-electron chi connectivity index (χ3n) is 4.68. The van der Waals surface area contributed by atoms with Crippen molar-refractivity contribution < 1.29 is 9.90 Å². The fourth-order valence-electron chi connectivity index (χ4n) is 3.18. The second-order valence-electron chi connectivity index (χ2n) is 6.40. The third-order valence-corrected chi connectivity index (χ3v) is 5.78. The summed E-state index contributed by atoms with van der Waals surface area (Å²) in [5.41, 5.74) is 0.845. The van der Waals surface area contributed by atoms with Gasteiger partial charge in [0.25, 0.3) is 0 Å². The average Bonchev–Trinajstić information content (AvgIpc) is 3.09. The molecule has 0 bridgehead atoms. The summed E-state index contributed by atoms with van der Waals surface area (Å²) in [6, 6.07) is 8.14. The number of aryl methyl sites for hydroxylation is 1. The van der Waals surface area contributed by atoms with Crippen molar-refractivity contribution in [1.29, 1.82) is 0 Å². The Morgan fingerprint density at radius 1 is 1.50 bits per heavy atom. The Hall–Kier alpha value is -1.46. The molecule has 0 radical (unpaired) electrons. The van der Waals surface area contributed by atoms with Gasteiger partial charge in [-0.3, -0.25) is 4.79 Å². The highest BCUT2D eigenvalue weighted by Gasteiger charge is 2.38. The van der Waals surface area contributed by atoms with E-state index in [1.165, 1.54) is 4.70 Å². The number of carbonyl (C=O) groups excluding carboxylic acids is 1. The molecule has 2 N–H and O–H groups in total. The summed E-state index contributed by atoms with van der Waals surface area (Å²) in [5.74, 6) is 0.0610. The van der Waals surface area contributed by atoms with Crippen LogP contribution >= 0.6 is 11.3 Å². The summed E-state index contributed by atoms with van der Waals surface area (Å²) in [4.78, 5) is 16.7. The number of nitrogens with one attached hydrogen (secondary N) is 1. The number of fused-ring (bicyclic) bond motifs is 1. The molecule has 3 rings (SSSR count). The van der Waals surface area contributed by atoms with Crippen LogP contribution < -0.4 is 5.32 Å². The Labute approximate surface area is 134 Å². The molecule has 22 heavy (non-hydrogen) atoms. The fourth-order valence-corrected chi connectivity index (χ4v) is 4.15. The number of benzene rings is 1. The molecular formula is C17H22N2O2S. The van der Waals surface area contributed by atoms with E-state index in [1.807, 2.05) is 18.2 Å². The number of amides is 1. The minimum Gasteiger partial charge on any atom is -0.396 e. The van der Waals surface area contributed by atoms with Crippen molar-refractivity contribution in [2.45, 2.75) is 45.1 Å². The summed E-state index contributed by atoms with van der Waals surface area (Å²) in [7, 11) is 0. The molecule has 0 aliphatic heterocycles. The minimum atomic E-state index is -0.161. The van der Waals surface area contributed by atoms with E-state index in [2.05, 4.69) is 23.3 Å². The zero-order chi connectivity index (χ0) is 15.6. The molecule has 1 aromatic heterocycles. The Bertz CT molecular complexity index is 636. The van der Waals surface area contributed by atoms with Crippen LogP contribution in [-0.2, 0) is 11.2 Å². The molecule has 1 amide bonds. The first-order chi connectivity index (χ1) is 10.6. The van der Waals surface area contributed by atoms with Gasteiger partial charge in [0.05, 0.1) is 21.8 Å². The van der Waals surface area contributed by atoms with Gasteiger partial charge in [0.15, 0.2) is 0 Å². The lowest BCUT2D eigenvalue weighted by Gasteiger charge is -2.30. The summed E-state index contributed by atoms with van der Waals surface area (Å²) in [5, 5.41) is 13.6. The van der Waals surface area contributed by atoms with Crippen LogP contribution in [0.4, 0.5) is 0 Å². The Kier molecular flexibility index (Phi) is 4.45. The monoisotopic (exact) mass is 318 g/mol. The molecule has 1 fully saturated rings. The predicted molar refractivity (Wildman–Crippen MR) is 88.9 cm³/mol. The van der Waals surface area contributed by atoms with E-state index in [4.69, 9.17) is 0 Å². The average molecular weight is 318 g/mol. The maximum absolute atomic E-state index is 12.2. The van der Waals surface area contributed by atoms with E-state index in [-0.39, 0.29) is 24.0 Å². The van der Waals surface area contributed by atoms with Crippen LogP contribution in [0.5, 0.6) is 0 Å². The smallest absolute Gasteiger partial charge is 0.220 e. The molecule has 118 valence electrons. The first-order valence-electron chi connectivity index (χ1n) is 7.85. The van der Waals surface area contributed by atoms with E-state index < -0.39 is 0 Å². The van der Waals surface area contributed by atoms with E-state index in [0.29, 0.717) is 12.8 Å². The van der Waals surface area contributed by atoms with E-state index in [9.17, 15) is 9.90 Å². The molecule has 4 nitrogen and oxygen atoms in total. The molecule has 2 unspecified atom stereocenters. The van der Waals surface area contributed by atoms with Gasteiger partial charge in [-0.2, -0.15) is 0 Å². The number of aliphatic hydroxyl groups is 1. The molecule has 1 aromatic carbocycles. The highest BCUT2D eigenvalue weighted by atomic mass is 32.1. The van der Waals surface area contributed by atoms with Gasteiger partial charge in [0, 0.05) is 24.3 Å². The van der Waals surface area contributed by atoms with Gasteiger partial charge >= 0.3 is 0 Å². The van der Waals surface area contributed by atoms with Crippen LogP contribution in [0.15, 0.2) is 24.3 Å². The topological polar surface area (TPSA) is 62.2 Å². The quantitative estimate of drug-likeness (QED) is 0.891. The predicted octanol–water partition coefficient (Wildman–Crippen LogP) is 2.90. The number of aromatic nitrogens is 1. The van der Waals surface area contributed by atoms with Gasteiger partial charge in [0.2, 0.25) is 5.91 Å². The van der Waals surface area contributed by atoms with Crippen molar-refractivity contribution in [3.05, 3.63) is 29.3 Å². The number of rotatable bonds is 5. The Morgan fingerprint density at radius 3 is 3.09 bits per heavy atom.